The van der Waals surface area contributed by atoms with E-state index in [-0.39, 0.29) is 5.82 Å². The van der Waals surface area contributed by atoms with Gasteiger partial charge in [0.2, 0.25) is 0 Å². The summed E-state index contributed by atoms with van der Waals surface area (Å²) in [6.07, 6.45) is 7.68. The van der Waals surface area contributed by atoms with Gasteiger partial charge in [0.25, 0.3) is 0 Å². The Bertz CT molecular complexity index is 881. The van der Waals surface area contributed by atoms with Crippen molar-refractivity contribution in [3.63, 3.8) is 0 Å². The highest BCUT2D eigenvalue weighted by molar-refractivity contribution is 9.13. The van der Waals surface area contributed by atoms with Gasteiger partial charge in [0.05, 0.1) is 17.6 Å². The fourth-order valence-corrected chi connectivity index (χ4v) is 4.63. The Morgan fingerprint density at radius 3 is 2.72 bits per heavy atom. The molecule has 2 aliphatic rings. The maximum atomic E-state index is 13.6. The Morgan fingerprint density at radius 1 is 1.10 bits per heavy atom. The van der Waals surface area contributed by atoms with E-state index >= 15 is 0 Å². The number of rotatable bonds is 6. The Labute approximate surface area is 188 Å². The minimum Gasteiger partial charge on any atom is -0.365 e. The molecule has 0 amide bonds. The summed E-state index contributed by atoms with van der Waals surface area (Å²) in [7, 11) is 0. The minimum atomic E-state index is -0.270. The standard InChI is InChI=1S/C22H25Br2FN4/c23-19-4-3-16(12-20(19)24)14-26-18-5-8-28(9-6-18)10-11-29-7-1-2-21-22(29)13-17(25)15-27-21/h1-4,12-13,15,18,26H,5-11,14H2. The Balaban J connectivity index is 1.22. The summed E-state index contributed by atoms with van der Waals surface area (Å²) in [5.41, 5.74) is 3.06. The number of piperidine rings is 1. The normalized spacial score (nSPS) is 17.6. The van der Waals surface area contributed by atoms with Gasteiger partial charge in [-0.25, -0.2) is 4.39 Å². The van der Waals surface area contributed by atoms with Crippen molar-refractivity contribution in [3.8, 4) is 0 Å². The molecule has 0 unspecified atom stereocenters. The van der Waals surface area contributed by atoms with Crippen molar-refractivity contribution in [1.82, 2.24) is 15.2 Å². The molecule has 1 aromatic carbocycles. The zero-order valence-electron chi connectivity index (χ0n) is 16.3. The Hall–Kier alpha value is -1.28. The molecule has 2 aromatic rings. The van der Waals surface area contributed by atoms with Crippen LogP contribution in [0.4, 0.5) is 10.1 Å². The van der Waals surface area contributed by atoms with Crippen molar-refractivity contribution in [2.24, 2.45) is 0 Å². The Morgan fingerprint density at radius 2 is 1.93 bits per heavy atom. The molecule has 0 bridgehead atoms. The molecule has 0 radical (unpaired) electrons. The summed E-state index contributed by atoms with van der Waals surface area (Å²) < 4.78 is 15.8. The van der Waals surface area contributed by atoms with Gasteiger partial charge in [0.1, 0.15) is 5.82 Å². The minimum absolute atomic E-state index is 0.270. The van der Waals surface area contributed by atoms with Crippen molar-refractivity contribution in [2.45, 2.75) is 25.4 Å². The van der Waals surface area contributed by atoms with Gasteiger partial charge in [-0.05, 0) is 81.6 Å². The fourth-order valence-electron chi connectivity index (χ4n) is 3.96. The third kappa shape index (κ3) is 5.45. The van der Waals surface area contributed by atoms with Crippen molar-refractivity contribution in [2.75, 3.05) is 37.6 Å². The number of hydrogen-bond acceptors (Lipinski definition) is 4. The highest BCUT2D eigenvalue weighted by Crippen LogP contribution is 2.25. The van der Waals surface area contributed by atoms with E-state index in [0.717, 1.165) is 72.4 Å². The highest BCUT2D eigenvalue weighted by Gasteiger charge is 2.21. The van der Waals surface area contributed by atoms with Crippen LogP contribution < -0.4 is 10.2 Å². The number of aromatic nitrogens is 1. The number of likely N-dealkylation sites (tertiary alicyclic amines) is 1. The smallest absolute Gasteiger partial charge is 0.143 e. The first-order valence-corrected chi connectivity index (χ1v) is 11.6. The van der Waals surface area contributed by atoms with Crippen LogP contribution in [0.1, 0.15) is 24.1 Å². The van der Waals surface area contributed by atoms with Gasteiger partial charge < -0.3 is 15.1 Å². The molecule has 0 atom stereocenters. The lowest BCUT2D eigenvalue weighted by atomic mass is 10.0. The summed E-state index contributed by atoms with van der Waals surface area (Å²) in [5.74, 6) is -0.270. The molecule has 0 saturated carbocycles. The second kappa shape index (κ2) is 9.69. The molecule has 1 fully saturated rings. The molecule has 154 valence electrons. The monoisotopic (exact) mass is 522 g/mol. The van der Waals surface area contributed by atoms with Gasteiger partial charge in [0.15, 0.2) is 0 Å². The first-order chi connectivity index (χ1) is 14.1. The predicted molar refractivity (Wildman–Crippen MR) is 124 cm³/mol. The topological polar surface area (TPSA) is 31.4 Å². The predicted octanol–water partition coefficient (Wildman–Crippen LogP) is 4.83. The van der Waals surface area contributed by atoms with E-state index in [1.165, 1.54) is 11.8 Å². The van der Waals surface area contributed by atoms with E-state index < -0.39 is 0 Å². The van der Waals surface area contributed by atoms with E-state index in [0.29, 0.717) is 6.04 Å². The average Bonchev–Trinajstić information content (AvgIpc) is 2.74. The lowest BCUT2D eigenvalue weighted by Gasteiger charge is -2.35. The molecule has 4 nitrogen and oxygen atoms in total. The molecule has 1 saturated heterocycles. The molecule has 4 rings (SSSR count). The van der Waals surface area contributed by atoms with Crippen LogP contribution in [0.3, 0.4) is 0 Å². The maximum absolute atomic E-state index is 13.6. The van der Waals surface area contributed by atoms with Gasteiger partial charge in [-0.1, -0.05) is 12.1 Å². The number of fused-ring (bicyclic) bond motifs is 1. The molecule has 0 aliphatic carbocycles. The molecule has 1 N–H and O–H groups in total. The molecule has 2 aliphatic heterocycles. The van der Waals surface area contributed by atoms with Crippen molar-refractivity contribution in [3.05, 3.63) is 62.6 Å². The molecule has 7 heteroatoms. The first-order valence-electron chi connectivity index (χ1n) is 10.1. The van der Waals surface area contributed by atoms with Gasteiger partial charge in [-0.2, -0.15) is 0 Å². The average molecular weight is 524 g/mol. The van der Waals surface area contributed by atoms with Crippen LogP contribution >= 0.6 is 31.9 Å². The van der Waals surface area contributed by atoms with E-state index in [9.17, 15) is 4.39 Å². The number of nitrogens with one attached hydrogen (secondary N) is 1. The number of hydrogen-bond donors (Lipinski definition) is 1. The third-order valence-electron chi connectivity index (χ3n) is 5.66. The zero-order valence-corrected chi connectivity index (χ0v) is 19.4. The van der Waals surface area contributed by atoms with Gasteiger partial charge in [-0.15, -0.1) is 0 Å². The van der Waals surface area contributed by atoms with Crippen molar-refractivity contribution >= 4 is 43.6 Å². The van der Waals surface area contributed by atoms with E-state index in [1.807, 2.05) is 6.08 Å². The fraction of sp³-hybridized carbons (Fsp3) is 0.409. The molecule has 29 heavy (non-hydrogen) atoms. The largest absolute Gasteiger partial charge is 0.365 e. The molecule has 0 spiro atoms. The van der Waals surface area contributed by atoms with Gasteiger partial charge in [0, 0.05) is 47.2 Å². The van der Waals surface area contributed by atoms with Crippen LogP contribution in [0.25, 0.3) is 6.08 Å². The SMILES string of the molecule is Fc1cnc2c(c1)N(CCN1CCC(NCc3ccc(Br)c(Br)c3)CC1)CC=C2. The lowest BCUT2D eigenvalue weighted by Crippen LogP contribution is -2.45. The van der Waals surface area contributed by atoms with Crippen LogP contribution in [0, 0.1) is 5.82 Å². The lowest BCUT2D eigenvalue weighted by molar-refractivity contribution is 0.201. The summed E-state index contributed by atoms with van der Waals surface area (Å²) in [5, 5.41) is 3.70. The summed E-state index contributed by atoms with van der Waals surface area (Å²) in [6.45, 7) is 5.80. The van der Waals surface area contributed by atoms with Gasteiger partial charge >= 0.3 is 0 Å². The van der Waals surface area contributed by atoms with E-state index in [1.54, 1.807) is 6.07 Å². The Kier molecular flexibility index (Phi) is 7.00. The van der Waals surface area contributed by atoms with Crippen molar-refractivity contribution in [1.29, 1.82) is 0 Å². The zero-order chi connectivity index (χ0) is 20.2. The van der Waals surface area contributed by atoms with Crippen LogP contribution in [0.2, 0.25) is 0 Å². The summed E-state index contributed by atoms with van der Waals surface area (Å²) in [4.78, 5) is 8.93. The summed E-state index contributed by atoms with van der Waals surface area (Å²) >= 11 is 7.09. The number of halogens is 3. The molecule has 3 heterocycles. The summed E-state index contributed by atoms with van der Waals surface area (Å²) in [6, 6.07) is 8.56. The number of benzene rings is 1. The van der Waals surface area contributed by atoms with Gasteiger partial charge in [-0.3, -0.25) is 4.98 Å². The second-order valence-electron chi connectivity index (χ2n) is 7.65. The van der Waals surface area contributed by atoms with Crippen LogP contribution in [-0.4, -0.2) is 48.6 Å². The molecular formula is C22H25Br2FN4. The molecular weight excluding hydrogens is 499 g/mol. The first kappa shape index (κ1) is 21.0. The second-order valence-corrected chi connectivity index (χ2v) is 9.36. The number of anilines is 1. The molecule has 1 aromatic heterocycles. The van der Waals surface area contributed by atoms with E-state index in [2.05, 4.69) is 76.2 Å². The quantitative estimate of drug-likeness (QED) is 0.587. The van der Waals surface area contributed by atoms with Crippen LogP contribution in [0.15, 0.2) is 45.5 Å². The van der Waals surface area contributed by atoms with Crippen molar-refractivity contribution < 1.29 is 4.39 Å². The van der Waals surface area contributed by atoms with Crippen LogP contribution in [0.5, 0.6) is 0 Å². The van der Waals surface area contributed by atoms with Crippen LogP contribution in [-0.2, 0) is 6.54 Å². The van der Waals surface area contributed by atoms with E-state index in [4.69, 9.17) is 0 Å². The number of pyridine rings is 1. The number of nitrogens with zero attached hydrogens (tertiary/aromatic N) is 3. The maximum Gasteiger partial charge on any atom is 0.143 e. The highest BCUT2D eigenvalue weighted by atomic mass is 79.9. The third-order valence-corrected chi connectivity index (χ3v) is 7.54.